The number of hydrogen-bond donors (Lipinski definition) is 1. The smallest absolute Gasteiger partial charge is 0.338 e. The largest absolute Gasteiger partial charge is 0.452 e. The van der Waals surface area contributed by atoms with Crippen LogP contribution in [0.25, 0.3) is 0 Å². The highest BCUT2D eigenvalue weighted by molar-refractivity contribution is 7.91. The highest BCUT2D eigenvalue weighted by atomic mass is 32.2. The number of sulfone groups is 1. The highest BCUT2D eigenvalue weighted by Crippen LogP contribution is 2.16. The van der Waals surface area contributed by atoms with Gasteiger partial charge >= 0.3 is 5.97 Å². The zero-order valence-electron chi connectivity index (χ0n) is 14.8. The normalized spacial score (nSPS) is 18.0. The fraction of sp³-hybridized carbons (Fsp3) is 0.300. The van der Waals surface area contributed by atoms with Crippen LogP contribution < -0.4 is 5.32 Å². The lowest BCUT2D eigenvalue weighted by Gasteiger charge is -2.12. The van der Waals surface area contributed by atoms with Gasteiger partial charge in [0.15, 0.2) is 16.4 Å². The Morgan fingerprint density at radius 2 is 1.74 bits per heavy atom. The van der Waals surface area contributed by atoms with Crippen molar-refractivity contribution in [1.29, 1.82) is 0 Å². The van der Waals surface area contributed by atoms with Crippen LogP contribution in [0.4, 0.5) is 0 Å². The van der Waals surface area contributed by atoms with Crippen LogP contribution in [0.15, 0.2) is 54.6 Å². The van der Waals surface area contributed by atoms with Gasteiger partial charge in [-0.15, -0.1) is 0 Å². The van der Waals surface area contributed by atoms with E-state index in [0.717, 1.165) is 11.1 Å². The minimum absolute atomic E-state index is 0.0629. The average molecular weight is 387 g/mol. The van der Waals surface area contributed by atoms with E-state index in [1.807, 2.05) is 42.5 Å². The number of nitrogens with one attached hydrogen (secondary N) is 1. The molecule has 1 aliphatic rings. The van der Waals surface area contributed by atoms with Crippen molar-refractivity contribution in [2.75, 3.05) is 18.1 Å². The predicted molar refractivity (Wildman–Crippen MR) is 101 cm³/mol. The van der Waals surface area contributed by atoms with Crippen LogP contribution in [0, 0.1) is 0 Å². The average Bonchev–Trinajstić information content (AvgIpc) is 2.99. The molecular formula is C20H21NO5S. The number of ether oxygens (including phenoxy) is 1. The molecule has 6 nitrogen and oxygen atoms in total. The SMILES string of the molecule is O=C(COC(=O)c1ccccc1Cc1ccccc1)N[C@@H]1CCS(=O)(=O)C1. The second-order valence-electron chi connectivity index (χ2n) is 6.56. The maximum absolute atomic E-state index is 12.4. The summed E-state index contributed by atoms with van der Waals surface area (Å²) in [5, 5.41) is 2.60. The first kappa shape index (κ1) is 19.1. The summed E-state index contributed by atoms with van der Waals surface area (Å²) in [5.74, 6) is -1.06. The third kappa shape index (κ3) is 5.40. The van der Waals surface area contributed by atoms with E-state index >= 15 is 0 Å². The molecule has 27 heavy (non-hydrogen) atoms. The molecule has 2 aromatic rings. The first-order valence-electron chi connectivity index (χ1n) is 8.72. The molecule has 2 aromatic carbocycles. The van der Waals surface area contributed by atoms with Crippen LogP contribution in [-0.4, -0.2) is 44.4 Å². The molecule has 1 aliphatic heterocycles. The topological polar surface area (TPSA) is 89.5 Å². The molecule has 7 heteroatoms. The predicted octanol–water partition coefficient (Wildman–Crippen LogP) is 1.74. The van der Waals surface area contributed by atoms with E-state index < -0.39 is 34.4 Å². The number of rotatable bonds is 6. The molecule has 3 rings (SSSR count). The molecule has 0 spiro atoms. The molecule has 1 fully saturated rings. The lowest BCUT2D eigenvalue weighted by Crippen LogP contribution is -2.38. The van der Waals surface area contributed by atoms with Crippen LogP contribution in [0.5, 0.6) is 0 Å². The number of esters is 1. The summed E-state index contributed by atoms with van der Waals surface area (Å²) >= 11 is 0. The van der Waals surface area contributed by atoms with Crippen molar-refractivity contribution in [3.05, 3.63) is 71.3 Å². The summed E-state index contributed by atoms with van der Waals surface area (Å²) in [4.78, 5) is 24.3. The van der Waals surface area contributed by atoms with Gasteiger partial charge in [0.25, 0.3) is 5.91 Å². The Balaban J connectivity index is 1.57. The van der Waals surface area contributed by atoms with Crippen molar-refractivity contribution in [3.8, 4) is 0 Å². The maximum atomic E-state index is 12.4. The van der Waals surface area contributed by atoms with Gasteiger partial charge in [-0.2, -0.15) is 0 Å². The van der Waals surface area contributed by atoms with E-state index in [0.29, 0.717) is 18.4 Å². The molecule has 0 radical (unpaired) electrons. The molecule has 142 valence electrons. The molecule has 1 amide bonds. The Bertz CT molecular complexity index is 924. The second kappa shape index (κ2) is 8.35. The van der Waals surface area contributed by atoms with Crippen LogP contribution in [0.1, 0.15) is 27.9 Å². The molecule has 0 bridgehead atoms. The lowest BCUT2D eigenvalue weighted by atomic mass is 10.00. The van der Waals surface area contributed by atoms with Gasteiger partial charge in [-0.1, -0.05) is 48.5 Å². The van der Waals surface area contributed by atoms with Gasteiger partial charge in [0.05, 0.1) is 17.1 Å². The second-order valence-corrected chi connectivity index (χ2v) is 8.79. The van der Waals surface area contributed by atoms with Crippen LogP contribution in [-0.2, 0) is 25.8 Å². The number of carbonyl (C=O) groups excluding carboxylic acids is 2. The zero-order valence-corrected chi connectivity index (χ0v) is 15.6. The third-order valence-electron chi connectivity index (χ3n) is 4.41. The minimum Gasteiger partial charge on any atom is -0.452 e. The Morgan fingerprint density at radius 3 is 2.44 bits per heavy atom. The van der Waals surface area contributed by atoms with Gasteiger partial charge in [-0.25, -0.2) is 13.2 Å². The molecule has 1 N–H and O–H groups in total. The van der Waals surface area contributed by atoms with Gasteiger partial charge in [-0.3, -0.25) is 4.79 Å². The summed E-state index contributed by atoms with van der Waals surface area (Å²) in [6.07, 6.45) is 0.972. The van der Waals surface area contributed by atoms with E-state index in [9.17, 15) is 18.0 Å². The summed E-state index contributed by atoms with van der Waals surface area (Å²) in [5.41, 5.74) is 2.30. The first-order chi connectivity index (χ1) is 12.9. The molecule has 1 heterocycles. The van der Waals surface area contributed by atoms with E-state index in [1.165, 1.54) is 0 Å². The van der Waals surface area contributed by atoms with Gasteiger partial charge in [-0.05, 0) is 30.0 Å². The van der Waals surface area contributed by atoms with Crippen molar-refractivity contribution in [2.24, 2.45) is 0 Å². The molecule has 0 saturated carbocycles. The maximum Gasteiger partial charge on any atom is 0.338 e. The van der Waals surface area contributed by atoms with Crippen molar-refractivity contribution in [1.82, 2.24) is 5.32 Å². The molecule has 0 aliphatic carbocycles. The van der Waals surface area contributed by atoms with Gasteiger partial charge < -0.3 is 10.1 Å². The Kier molecular flexibility index (Phi) is 5.91. The Morgan fingerprint density at radius 1 is 1.04 bits per heavy atom. The molecular weight excluding hydrogens is 366 g/mol. The van der Waals surface area contributed by atoms with Crippen molar-refractivity contribution in [3.63, 3.8) is 0 Å². The number of benzene rings is 2. The Labute approximate surface area is 158 Å². The lowest BCUT2D eigenvalue weighted by molar-refractivity contribution is -0.124. The first-order valence-corrected chi connectivity index (χ1v) is 10.5. The van der Waals surface area contributed by atoms with E-state index in [4.69, 9.17) is 4.74 Å². The monoisotopic (exact) mass is 387 g/mol. The van der Waals surface area contributed by atoms with E-state index in [1.54, 1.807) is 12.1 Å². The molecule has 1 atom stereocenters. The fourth-order valence-corrected chi connectivity index (χ4v) is 4.75. The van der Waals surface area contributed by atoms with Crippen LogP contribution in [0.3, 0.4) is 0 Å². The van der Waals surface area contributed by atoms with Gasteiger partial charge in [0.1, 0.15) is 0 Å². The number of hydrogen-bond acceptors (Lipinski definition) is 5. The van der Waals surface area contributed by atoms with Gasteiger partial charge in [0, 0.05) is 6.04 Å². The van der Waals surface area contributed by atoms with Crippen molar-refractivity contribution < 1.29 is 22.7 Å². The number of amides is 1. The summed E-state index contributed by atoms with van der Waals surface area (Å²) in [6.45, 7) is -0.435. The van der Waals surface area contributed by atoms with E-state index in [-0.39, 0.29) is 11.5 Å². The fourth-order valence-electron chi connectivity index (χ4n) is 3.08. The molecule has 0 unspecified atom stereocenters. The quantitative estimate of drug-likeness (QED) is 0.763. The number of carbonyl (C=O) groups is 2. The summed E-state index contributed by atoms with van der Waals surface area (Å²) < 4.78 is 28.0. The zero-order chi connectivity index (χ0) is 19.3. The van der Waals surface area contributed by atoms with Crippen LogP contribution in [0.2, 0.25) is 0 Å². The highest BCUT2D eigenvalue weighted by Gasteiger charge is 2.29. The molecule has 0 aromatic heterocycles. The van der Waals surface area contributed by atoms with E-state index in [2.05, 4.69) is 5.32 Å². The van der Waals surface area contributed by atoms with Crippen LogP contribution >= 0.6 is 0 Å². The summed E-state index contributed by atoms with van der Waals surface area (Å²) in [7, 11) is -3.07. The Hall–Kier alpha value is -2.67. The van der Waals surface area contributed by atoms with Crippen molar-refractivity contribution >= 4 is 21.7 Å². The molecule has 1 saturated heterocycles. The van der Waals surface area contributed by atoms with Gasteiger partial charge in [0.2, 0.25) is 0 Å². The minimum atomic E-state index is -3.07. The summed E-state index contributed by atoms with van der Waals surface area (Å²) in [6, 6.07) is 16.5. The third-order valence-corrected chi connectivity index (χ3v) is 6.17. The standard InChI is InChI=1S/C20H21NO5S/c22-19(21-17-10-11-27(24,25)14-17)13-26-20(23)18-9-5-4-8-16(18)12-15-6-2-1-3-7-15/h1-9,17H,10-14H2,(H,21,22)/t17-/m1/s1. The van der Waals surface area contributed by atoms with Crippen molar-refractivity contribution in [2.45, 2.75) is 18.9 Å².